The summed E-state index contributed by atoms with van der Waals surface area (Å²) in [4.78, 5) is 27.1. The molecule has 0 spiro atoms. The van der Waals surface area contributed by atoms with E-state index in [0.29, 0.717) is 0 Å². The van der Waals surface area contributed by atoms with Gasteiger partial charge in [0.1, 0.15) is 0 Å². The molecule has 3 amide bonds. The van der Waals surface area contributed by atoms with Gasteiger partial charge >= 0.3 is 6.03 Å². The molecule has 0 aromatic carbocycles. The van der Waals surface area contributed by atoms with E-state index in [9.17, 15) is 9.59 Å². The largest absolute Gasteiger partial charge is 0.356 e. The molecule has 1 saturated heterocycles. The summed E-state index contributed by atoms with van der Waals surface area (Å²) in [5, 5.41) is 6.10. The van der Waals surface area contributed by atoms with Gasteiger partial charge in [-0.2, -0.15) is 0 Å². The molecule has 2 aliphatic rings. The lowest BCUT2D eigenvalue weighted by atomic mass is 9.82. The van der Waals surface area contributed by atoms with Gasteiger partial charge in [-0.3, -0.25) is 4.79 Å². The van der Waals surface area contributed by atoms with Crippen molar-refractivity contribution in [2.24, 2.45) is 5.92 Å². The first-order chi connectivity index (χ1) is 10.6. The van der Waals surface area contributed by atoms with Crippen LogP contribution in [0.2, 0.25) is 0 Å². The molecule has 1 aliphatic heterocycles. The van der Waals surface area contributed by atoms with Crippen LogP contribution in [0.1, 0.15) is 65.2 Å². The summed E-state index contributed by atoms with van der Waals surface area (Å²) >= 11 is 0. The van der Waals surface area contributed by atoms with Crippen LogP contribution in [0, 0.1) is 5.92 Å². The molecule has 0 bridgehead atoms. The molecule has 22 heavy (non-hydrogen) atoms. The molecule has 5 heteroatoms. The molecule has 0 unspecified atom stereocenters. The first kappa shape index (κ1) is 17.1. The van der Waals surface area contributed by atoms with Crippen molar-refractivity contribution < 1.29 is 9.59 Å². The van der Waals surface area contributed by atoms with Crippen LogP contribution in [-0.4, -0.2) is 42.0 Å². The normalized spacial score (nSPS) is 27.6. The second-order valence-corrected chi connectivity index (χ2v) is 6.96. The zero-order valence-electron chi connectivity index (χ0n) is 14.1. The lowest BCUT2D eigenvalue weighted by molar-refractivity contribution is -0.127. The summed E-state index contributed by atoms with van der Waals surface area (Å²) in [5.41, 5.74) is 0. The smallest absolute Gasteiger partial charge is 0.317 e. The summed E-state index contributed by atoms with van der Waals surface area (Å²) in [5.74, 6) is 0.110. The van der Waals surface area contributed by atoms with Gasteiger partial charge in [0.15, 0.2) is 0 Å². The SMILES string of the molecule is CC(C)NC(=O)N1CCCCCCNC(=O)[C@@H]2CCCC[C@@H]21. The Hall–Kier alpha value is -1.26. The number of hydrogen-bond donors (Lipinski definition) is 2. The van der Waals surface area contributed by atoms with Crippen LogP contribution < -0.4 is 10.6 Å². The van der Waals surface area contributed by atoms with E-state index in [1.165, 1.54) is 0 Å². The molecule has 126 valence electrons. The Bertz CT molecular complexity index is 384. The number of hydrogen-bond acceptors (Lipinski definition) is 2. The number of fused-ring (bicyclic) bond motifs is 1. The lowest BCUT2D eigenvalue weighted by Gasteiger charge is -2.39. The number of carbonyl (C=O) groups excluding carboxylic acids is 2. The van der Waals surface area contributed by atoms with E-state index >= 15 is 0 Å². The third kappa shape index (κ3) is 4.62. The van der Waals surface area contributed by atoms with Gasteiger partial charge in [-0.1, -0.05) is 25.7 Å². The molecule has 1 heterocycles. The Balaban J connectivity index is 2.16. The van der Waals surface area contributed by atoms with E-state index < -0.39 is 0 Å². The first-order valence-corrected chi connectivity index (χ1v) is 8.94. The van der Waals surface area contributed by atoms with Gasteiger partial charge in [0.25, 0.3) is 0 Å². The average Bonchev–Trinajstić information content (AvgIpc) is 2.51. The number of nitrogens with zero attached hydrogens (tertiary/aromatic N) is 1. The van der Waals surface area contributed by atoms with Crippen LogP contribution in [0.5, 0.6) is 0 Å². The molecule has 2 rings (SSSR count). The monoisotopic (exact) mass is 309 g/mol. The predicted molar refractivity (Wildman–Crippen MR) is 87.6 cm³/mol. The van der Waals surface area contributed by atoms with Crippen molar-refractivity contribution in [3.05, 3.63) is 0 Å². The standard InChI is InChI=1S/C17H31N3O2/c1-13(2)19-17(22)20-12-8-4-3-7-11-18-16(21)14-9-5-6-10-15(14)20/h13-15H,3-12H2,1-2H3,(H,18,21)(H,19,22)/t14-,15+/m1/s1. The first-order valence-electron chi connectivity index (χ1n) is 8.94. The third-order valence-electron chi connectivity index (χ3n) is 4.76. The van der Waals surface area contributed by atoms with Crippen LogP contribution >= 0.6 is 0 Å². The molecule has 2 N–H and O–H groups in total. The number of rotatable bonds is 1. The average molecular weight is 309 g/mol. The summed E-state index contributed by atoms with van der Waals surface area (Å²) in [6.45, 7) is 5.51. The second-order valence-electron chi connectivity index (χ2n) is 6.96. The van der Waals surface area contributed by atoms with E-state index in [1.807, 2.05) is 18.7 Å². The van der Waals surface area contributed by atoms with Crippen molar-refractivity contribution in [2.45, 2.75) is 77.3 Å². The van der Waals surface area contributed by atoms with E-state index in [1.54, 1.807) is 0 Å². The Morgan fingerprint density at radius 2 is 1.86 bits per heavy atom. The summed E-state index contributed by atoms with van der Waals surface area (Å²) in [7, 11) is 0. The van der Waals surface area contributed by atoms with Gasteiger partial charge in [0.05, 0.1) is 5.92 Å². The third-order valence-corrected chi connectivity index (χ3v) is 4.76. The van der Waals surface area contributed by atoms with Crippen LogP contribution in [0.25, 0.3) is 0 Å². The van der Waals surface area contributed by atoms with Crippen LogP contribution in [-0.2, 0) is 4.79 Å². The van der Waals surface area contributed by atoms with E-state index in [-0.39, 0.29) is 29.9 Å². The number of nitrogens with one attached hydrogen (secondary N) is 2. The van der Waals surface area contributed by atoms with Crippen molar-refractivity contribution >= 4 is 11.9 Å². The maximum absolute atomic E-state index is 12.6. The van der Waals surface area contributed by atoms with Gasteiger partial charge in [0.2, 0.25) is 5.91 Å². The number of carbonyl (C=O) groups is 2. The van der Waals surface area contributed by atoms with Gasteiger partial charge in [0, 0.05) is 25.2 Å². The summed E-state index contributed by atoms with van der Waals surface area (Å²) in [6, 6.07) is 0.186. The summed E-state index contributed by atoms with van der Waals surface area (Å²) in [6.07, 6.45) is 8.37. The van der Waals surface area contributed by atoms with E-state index in [2.05, 4.69) is 10.6 Å². The van der Waals surface area contributed by atoms with Crippen molar-refractivity contribution in [3.63, 3.8) is 0 Å². The lowest BCUT2D eigenvalue weighted by Crippen LogP contribution is -2.54. The Morgan fingerprint density at radius 1 is 1.14 bits per heavy atom. The molecule has 1 saturated carbocycles. The highest BCUT2D eigenvalue weighted by molar-refractivity contribution is 5.81. The van der Waals surface area contributed by atoms with E-state index in [0.717, 1.165) is 64.5 Å². The highest BCUT2D eigenvalue weighted by Crippen LogP contribution is 2.29. The minimum Gasteiger partial charge on any atom is -0.356 e. The van der Waals surface area contributed by atoms with Gasteiger partial charge < -0.3 is 15.5 Å². The van der Waals surface area contributed by atoms with Crippen LogP contribution in [0.15, 0.2) is 0 Å². The molecule has 0 aromatic rings. The summed E-state index contributed by atoms with van der Waals surface area (Å²) < 4.78 is 0. The Kier molecular flexibility index (Phi) is 6.52. The van der Waals surface area contributed by atoms with Crippen molar-refractivity contribution in [1.82, 2.24) is 15.5 Å². The van der Waals surface area contributed by atoms with Crippen molar-refractivity contribution in [1.29, 1.82) is 0 Å². The van der Waals surface area contributed by atoms with Crippen molar-refractivity contribution in [2.75, 3.05) is 13.1 Å². The molecular formula is C17H31N3O2. The Labute approximate surface area is 134 Å². The van der Waals surface area contributed by atoms with Crippen LogP contribution in [0.4, 0.5) is 4.79 Å². The van der Waals surface area contributed by atoms with Gasteiger partial charge in [-0.05, 0) is 39.5 Å². The second kappa shape index (κ2) is 8.39. The minimum atomic E-state index is -0.0373. The fourth-order valence-electron chi connectivity index (χ4n) is 3.64. The molecule has 0 radical (unpaired) electrons. The fraction of sp³-hybridized carbons (Fsp3) is 0.882. The quantitative estimate of drug-likeness (QED) is 0.782. The van der Waals surface area contributed by atoms with Crippen molar-refractivity contribution in [3.8, 4) is 0 Å². The molecule has 5 nitrogen and oxygen atoms in total. The maximum atomic E-state index is 12.6. The molecule has 2 fully saturated rings. The fourth-order valence-corrected chi connectivity index (χ4v) is 3.64. The number of amides is 3. The highest BCUT2D eigenvalue weighted by atomic mass is 16.2. The zero-order chi connectivity index (χ0) is 15.9. The highest BCUT2D eigenvalue weighted by Gasteiger charge is 2.37. The minimum absolute atomic E-state index is 0.000975. The van der Waals surface area contributed by atoms with E-state index in [4.69, 9.17) is 0 Å². The molecule has 1 aliphatic carbocycles. The molecular weight excluding hydrogens is 278 g/mol. The number of urea groups is 1. The maximum Gasteiger partial charge on any atom is 0.317 e. The zero-order valence-corrected chi connectivity index (χ0v) is 14.1. The molecule has 2 atom stereocenters. The van der Waals surface area contributed by atoms with Gasteiger partial charge in [-0.15, -0.1) is 0 Å². The molecule has 0 aromatic heterocycles. The predicted octanol–water partition coefficient (Wildman–Crippen LogP) is 2.66. The van der Waals surface area contributed by atoms with Gasteiger partial charge in [-0.25, -0.2) is 4.79 Å². The Morgan fingerprint density at radius 3 is 2.64 bits per heavy atom. The topological polar surface area (TPSA) is 61.4 Å². The van der Waals surface area contributed by atoms with Crippen LogP contribution in [0.3, 0.4) is 0 Å².